The number of nitrogen functional groups attached to an aromatic ring is 1. The zero-order chi connectivity index (χ0) is 10.8. The summed E-state index contributed by atoms with van der Waals surface area (Å²) in [7, 11) is 0. The molecule has 2 aromatic rings. The molecule has 15 heavy (non-hydrogen) atoms. The van der Waals surface area contributed by atoms with Crippen LogP contribution >= 0.6 is 11.3 Å². The predicted octanol–water partition coefficient (Wildman–Crippen LogP) is 2.34. The highest BCUT2D eigenvalue weighted by molar-refractivity contribution is 7.13. The molecule has 2 N–H and O–H groups in total. The second kappa shape index (κ2) is 3.78. The summed E-state index contributed by atoms with van der Waals surface area (Å²) in [6.07, 6.45) is 0.660. The standard InChI is InChI=1S/C10H7FN2OS/c11-8-3-6(1-2-9(8)12)10-13-7(4-14)5-15-10/h1-5H,12H2. The van der Waals surface area contributed by atoms with E-state index in [1.54, 1.807) is 11.4 Å². The minimum absolute atomic E-state index is 0.103. The number of carbonyl (C=O) groups is 1. The van der Waals surface area contributed by atoms with Crippen LogP contribution in [-0.4, -0.2) is 11.3 Å². The van der Waals surface area contributed by atoms with Gasteiger partial charge in [0, 0.05) is 10.9 Å². The normalized spacial score (nSPS) is 10.2. The Kier molecular flexibility index (Phi) is 2.47. The zero-order valence-corrected chi connectivity index (χ0v) is 8.42. The summed E-state index contributed by atoms with van der Waals surface area (Å²) >= 11 is 1.29. The van der Waals surface area contributed by atoms with E-state index in [1.807, 2.05) is 0 Å². The van der Waals surface area contributed by atoms with Crippen LogP contribution in [0.4, 0.5) is 10.1 Å². The molecule has 2 rings (SSSR count). The van der Waals surface area contributed by atoms with Gasteiger partial charge in [0.2, 0.25) is 0 Å². The van der Waals surface area contributed by atoms with Crippen LogP contribution in [0.2, 0.25) is 0 Å². The van der Waals surface area contributed by atoms with Crippen LogP contribution < -0.4 is 5.73 Å². The first kappa shape index (κ1) is 9.79. The highest BCUT2D eigenvalue weighted by atomic mass is 32.1. The summed E-state index contributed by atoms with van der Waals surface area (Å²) < 4.78 is 13.1. The van der Waals surface area contributed by atoms with E-state index in [9.17, 15) is 9.18 Å². The zero-order valence-electron chi connectivity index (χ0n) is 7.61. The van der Waals surface area contributed by atoms with Gasteiger partial charge in [0.15, 0.2) is 6.29 Å². The molecule has 1 aromatic carbocycles. The number of aldehydes is 1. The van der Waals surface area contributed by atoms with Crippen LogP contribution in [0.15, 0.2) is 23.6 Å². The number of aromatic nitrogens is 1. The van der Waals surface area contributed by atoms with Crippen LogP contribution in [0.5, 0.6) is 0 Å². The van der Waals surface area contributed by atoms with Crippen molar-refractivity contribution in [2.45, 2.75) is 0 Å². The van der Waals surface area contributed by atoms with Gasteiger partial charge in [-0.2, -0.15) is 0 Å². The number of hydrogen-bond donors (Lipinski definition) is 1. The first-order valence-corrected chi connectivity index (χ1v) is 5.05. The monoisotopic (exact) mass is 222 g/mol. The summed E-state index contributed by atoms with van der Waals surface area (Å²) in [4.78, 5) is 14.4. The third-order valence-corrected chi connectivity index (χ3v) is 2.80. The minimum Gasteiger partial charge on any atom is -0.396 e. The molecule has 1 aromatic heterocycles. The SMILES string of the molecule is Nc1ccc(-c2nc(C=O)cs2)cc1F. The minimum atomic E-state index is -0.477. The smallest absolute Gasteiger partial charge is 0.169 e. The average molecular weight is 222 g/mol. The van der Waals surface area contributed by atoms with E-state index in [0.29, 0.717) is 22.6 Å². The molecule has 0 spiro atoms. The number of halogens is 1. The maximum atomic E-state index is 13.1. The summed E-state index contributed by atoms with van der Waals surface area (Å²) in [5.74, 6) is -0.477. The lowest BCUT2D eigenvalue weighted by Crippen LogP contribution is -1.90. The van der Waals surface area contributed by atoms with E-state index in [2.05, 4.69) is 4.98 Å². The molecule has 1 heterocycles. The first-order chi connectivity index (χ1) is 7.20. The van der Waals surface area contributed by atoms with Gasteiger partial charge >= 0.3 is 0 Å². The van der Waals surface area contributed by atoms with E-state index < -0.39 is 5.82 Å². The quantitative estimate of drug-likeness (QED) is 0.626. The topological polar surface area (TPSA) is 56.0 Å². The van der Waals surface area contributed by atoms with Gasteiger partial charge < -0.3 is 5.73 Å². The second-order valence-electron chi connectivity index (χ2n) is 2.93. The number of nitrogens with two attached hydrogens (primary N) is 1. The van der Waals surface area contributed by atoms with Crippen molar-refractivity contribution in [3.05, 3.63) is 35.1 Å². The summed E-state index contributed by atoms with van der Waals surface area (Å²) in [5.41, 5.74) is 6.43. The van der Waals surface area contributed by atoms with Gasteiger partial charge in [0.05, 0.1) is 5.69 Å². The van der Waals surface area contributed by atoms with Crippen molar-refractivity contribution in [1.82, 2.24) is 4.98 Å². The predicted molar refractivity (Wildman–Crippen MR) is 57.3 cm³/mol. The molecule has 0 saturated carbocycles. The molecule has 0 bridgehead atoms. The van der Waals surface area contributed by atoms with Gasteiger partial charge in [-0.05, 0) is 18.2 Å². The largest absolute Gasteiger partial charge is 0.396 e. The van der Waals surface area contributed by atoms with E-state index in [0.717, 1.165) is 0 Å². The number of anilines is 1. The molecule has 3 nitrogen and oxygen atoms in total. The fourth-order valence-electron chi connectivity index (χ4n) is 1.13. The first-order valence-electron chi connectivity index (χ1n) is 4.17. The lowest BCUT2D eigenvalue weighted by atomic mass is 10.2. The number of thiazole rings is 1. The van der Waals surface area contributed by atoms with Gasteiger partial charge in [-0.3, -0.25) is 4.79 Å². The van der Waals surface area contributed by atoms with Gasteiger partial charge in [0.25, 0.3) is 0 Å². The Morgan fingerprint density at radius 2 is 2.27 bits per heavy atom. The summed E-state index contributed by atoms with van der Waals surface area (Å²) in [6, 6.07) is 4.46. The molecule has 0 aliphatic heterocycles. The molecule has 0 saturated heterocycles. The number of rotatable bonds is 2. The van der Waals surface area contributed by atoms with Crippen molar-refractivity contribution in [2.75, 3.05) is 5.73 Å². The molecule has 0 atom stereocenters. The number of benzene rings is 1. The van der Waals surface area contributed by atoms with E-state index in [1.165, 1.54) is 23.5 Å². The van der Waals surface area contributed by atoms with Crippen LogP contribution in [0, 0.1) is 5.82 Å². The molecule has 0 radical (unpaired) electrons. The van der Waals surface area contributed by atoms with Crippen LogP contribution in [0.25, 0.3) is 10.6 Å². The molecule has 0 fully saturated rings. The highest BCUT2D eigenvalue weighted by Gasteiger charge is 2.06. The maximum Gasteiger partial charge on any atom is 0.169 e. The second-order valence-corrected chi connectivity index (χ2v) is 3.79. The molecule has 0 aliphatic carbocycles. The van der Waals surface area contributed by atoms with Crippen molar-refractivity contribution >= 4 is 23.3 Å². The molecule has 0 unspecified atom stereocenters. The highest BCUT2D eigenvalue weighted by Crippen LogP contribution is 2.25. The number of hydrogen-bond acceptors (Lipinski definition) is 4. The van der Waals surface area contributed by atoms with Gasteiger partial charge in [-0.15, -0.1) is 11.3 Å². The summed E-state index contributed by atoms with van der Waals surface area (Å²) in [6.45, 7) is 0. The van der Waals surface area contributed by atoms with Crippen molar-refractivity contribution in [2.24, 2.45) is 0 Å². The molecule has 0 amide bonds. The lowest BCUT2D eigenvalue weighted by Gasteiger charge is -1.98. The number of carbonyl (C=O) groups excluding carboxylic acids is 1. The van der Waals surface area contributed by atoms with Gasteiger partial charge in [-0.25, -0.2) is 9.37 Å². The molecular formula is C10H7FN2OS. The van der Waals surface area contributed by atoms with Crippen LogP contribution in [0.1, 0.15) is 10.5 Å². The van der Waals surface area contributed by atoms with Crippen molar-refractivity contribution in [3.63, 3.8) is 0 Å². The van der Waals surface area contributed by atoms with Gasteiger partial charge in [-0.1, -0.05) is 0 Å². The Bertz CT molecular complexity index is 510. The Balaban J connectivity index is 2.44. The van der Waals surface area contributed by atoms with Crippen LogP contribution in [0.3, 0.4) is 0 Å². The molecule has 76 valence electrons. The van der Waals surface area contributed by atoms with E-state index >= 15 is 0 Å². The maximum absolute atomic E-state index is 13.1. The average Bonchev–Trinajstić information content (AvgIpc) is 2.70. The Hall–Kier alpha value is -1.75. The number of nitrogens with zero attached hydrogens (tertiary/aromatic N) is 1. The molecule has 5 heteroatoms. The van der Waals surface area contributed by atoms with E-state index in [-0.39, 0.29) is 5.69 Å². The third-order valence-electron chi connectivity index (χ3n) is 1.89. The Morgan fingerprint density at radius 1 is 1.47 bits per heavy atom. The van der Waals surface area contributed by atoms with Crippen LogP contribution in [-0.2, 0) is 0 Å². The van der Waals surface area contributed by atoms with Crippen molar-refractivity contribution in [3.8, 4) is 10.6 Å². The Morgan fingerprint density at radius 3 is 2.87 bits per heavy atom. The van der Waals surface area contributed by atoms with Crippen molar-refractivity contribution in [1.29, 1.82) is 0 Å². The summed E-state index contributed by atoms with van der Waals surface area (Å²) in [5, 5.41) is 2.23. The fourth-order valence-corrected chi connectivity index (χ4v) is 1.89. The Labute approximate surface area is 89.4 Å². The molecular weight excluding hydrogens is 215 g/mol. The third kappa shape index (κ3) is 1.87. The lowest BCUT2D eigenvalue weighted by molar-refractivity contribution is 0.111. The fraction of sp³-hybridized carbons (Fsp3) is 0. The van der Waals surface area contributed by atoms with Gasteiger partial charge in [0.1, 0.15) is 16.5 Å². The van der Waals surface area contributed by atoms with Crippen molar-refractivity contribution < 1.29 is 9.18 Å². The molecule has 0 aliphatic rings. The van der Waals surface area contributed by atoms with E-state index in [4.69, 9.17) is 5.73 Å².